The number of nitro benzene ring substituents is 1. The van der Waals surface area contributed by atoms with E-state index >= 15 is 0 Å². The summed E-state index contributed by atoms with van der Waals surface area (Å²) in [6.45, 7) is 0. The zero-order chi connectivity index (χ0) is 13.1. The van der Waals surface area contributed by atoms with Crippen molar-refractivity contribution in [3.05, 3.63) is 45.9 Å². The summed E-state index contributed by atoms with van der Waals surface area (Å²) in [5.74, 6) is -0.185. The van der Waals surface area contributed by atoms with Crippen LogP contribution in [0.5, 0.6) is 0 Å². The van der Waals surface area contributed by atoms with Crippen molar-refractivity contribution in [2.75, 3.05) is 5.73 Å². The van der Waals surface area contributed by atoms with Gasteiger partial charge in [-0.2, -0.15) is 0 Å². The van der Waals surface area contributed by atoms with E-state index in [0.717, 1.165) is 10.3 Å². The number of thiazole rings is 1. The minimum absolute atomic E-state index is 0.0820. The van der Waals surface area contributed by atoms with Gasteiger partial charge in [0.1, 0.15) is 5.82 Å². The highest BCUT2D eigenvalue weighted by atomic mass is 32.2. The van der Waals surface area contributed by atoms with E-state index in [1.165, 1.54) is 35.2 Å². The van der Waals surface area contributed by atoms with Crippen LogP contribution in [0.25, 0.3) is 0 Å². The minimum atomic E-state index is -0.517. The van der Waals surface area contributed by atoms with Gasteiger partial charge >= 0.3 is 0 Å². The number of rotatable bonds is 4. The van der Waals surface area contributed by atoms with E-state index in [0.29, 0.717) is 16.4 Å². The van der Waals surface area contributed by atoms with Gasteiger partial charge in [0.15, 0.2) is 5.13 Å². The summed E-state index contributed by atoms with van der Waals surface area (Å²) in [6.07, 6.45) is 1.59. The van der Waals surface area contributed by atoms with Crippen LogP contribution >= 0.6 is 23.1 Å². The number of aromatic nitrogens is 1. The number of nitrogens with two attached hydrogens (primary N) is 1. The Bertz CT molecular complexity index is 588. The fraction of sp³-hybridized carbons (Fsp3) is 0.100. The summed E-state index contributed by atoms with van der Waals surface area (Å²) in [7, 11) is 0. The first-order chi connectivity index (χ1) is 8.56. The highest BCUT2D eigenvalue weighted by Crippen LogP contribution is 2.32. The van der Waals surface area contributed by atoms with Crippen LogP contribution in [0.1, 0.15) is 5.56 Å². The molecule has 1 aromatic carbocycles. The smallest absolute Gasteiger partial charge is 0.273 e. The molecule has 0 saturated carbocycles. The summed E-state index contributed by atoms with van der Waals surface area (Å²) in [4.78, 5) is 14.1. The monoisotopic (exact) mass is 285 g/mol. The Morgan fingerprint density at radius 1 is 1.56 bits per heavy atom. The quantitative estimate of drug-likeness (QED) is 0.530. The zero-order valence-corrected chi connectivity index (χ0v) is 10.6. The second-order valence-electron chi connectivity index (χ2n) is 3.34. The van der Waals surface area contributed by atoms with E-state index in [1.54, 1.807) is 6.20 Å². The molecule has 0 bridgehead atoms. The van der Waals surface area contributed by atoms with Crippen LogP contribution in [0.15, 0.2) is 28.6 Å². The van der Waals surface area contributed by atoms with Gasteiger partial charge in [-0.1, -0.05) is 11.3 Å². The van der Waals surface area contributed by atoms with Crippen molar-refractivity contribution in [1.29, 1.82) is 0 Å². The van der Waals surface area contributed by atoms with Crippen molar-refractivity contribution in [3.8, 4) is 0 Å². The third-order valence-corrected chi connectivity index (χ3v) is 4.18. The Morgan fingerprint density at radius 2 is 2.33 bits per heavy atom. The molecule has 0 aliphatic carbocycles. The molecule has 0 atom stereocenters. The largest absolute Gasteiger partial charge is 0.375 e. The van der Waals surface area contributed by atoms with Gasteiger partial charge in [0, 0.05) is 17.4 Å². The van der Waals surface area contributed by atoms with Crippen LogP contribution < -0.4 is 5.73 Å². The summed E-state index contributed by atoms with van der Waals surface area (Å²) in [5, 5.41) is 11.2. The molecule has 0 aliphatic heterocycles. The van der Waals surface area contributed by atoms with Crippen molar-refractivity contribution < 1.29 is 9.31 Å². The normalized spacial score (nSPS) is 10.5. The van der Waals surface area contributed by atoms with Crippen LogP contribution in [0.3, 0.4) is 0 Å². The topological polar surface area (TPSA) is 82.0 Å². The first-order valence-corrected chi connectivity index (χ1v) is 6.63. The average molecular weight is 285 g/mol. The molecule has 0 saturated heterocycles. The van der Waals surface area contributed by atoms with Crippen molar-refractivity contribution in [3.63, 3.8) is 0 Å². The van der Waals surface area contributed by atoms with E-state index in [1.807, 2.05) is 0 Å². The first kappa shape index (κ1) is 12.8. The second-order valence-corrected chi connectivity index (χ2v) is 5.67. The minimum Gasteiger partial charge on any atom is -0.375 e. The lowest BCUT2D eigenvalue weighted by Gasteiger charge is -2.01. The number of thioether (sulfide) groups is 1. The van der Waals surface area contributed by atoms with Crippen LogP contribution in [-0.4, -0.2) is 9.91 Å². The Hall–Kier alpha value is -1.67. The third-order valence-electron chi connectivity index (χ3n) is 2.11. The molecule has 1 aromatic heterocycles. The number of nitrogens with zero attached hydrogens (tertiary/aromatic N) is 2. The molecule has 0 radical (unpaired) electrons. The lowest BCUT2D eigenvalue weighted by molar-refractivity contribution is -0.385. The maximum atomic E-state index is 13.1. The fourth-order valence-corrected chi connectivity index (χ4v) is 3.08. The molecule has 94 valence electrons. The lowest BCUT2D eigenvalue weighted by Crippen LogP contribution is -1.94. The number of nitrogen functional groups attached to an aromatic ring is 1. The molecule has 0 fully saturated rings. The molecule has 2 N–H and O–H groups in total. The van der Waals surface area contributed by atoms with Gasteiger partial charge in [-0.15, -0.1) is 11.8 Å². The van der Waals surface area contributed by atoms with Crippen LogP contribution in [-0.2, 0) is 5.75 Å². The maximum absolute atomic E-state index is 13.1. The maximum Gasteiger partial charge on any atom is 0.273 e. The SMILES string of the molecule is Nc1ncc(SCc2cc(F)ccc2[N+](=O)[O-])s1. The number of anilines is 1. The molecule has 0 spiro atoms. The van der Waals surface area contributed by atoms with Gasteiger partial charge in [0.2, 0.25) is 0 Å². The predicted molar refractivity (Wildman–Crippen MR) is 69.1 cm³/mol. The van der Waals surface area contributed by atoms with E-state index < -0.39 is 10.7 Å². The second kappa shape index (κ2) is 5.32. The molecule has 1 heterocycles. The molecule has 8 heteroatoms. The van der Waals surface area contributed by atoms with Crippen molar-refractivity contribution in [1.82, 2.24) is 4.98 Å². The number of hydrogen-bond acceptors (Lipinski definition) is 6. The van der Waals surface area contributed by atoms with Crippen LogP contribution in [0.2, 0.25) is 0 Å². The molecular weight excluding hydrogens is 277 g/mol. The van der Waals surface area contributed by atoms with Gasteiger partial charge in [0.25, 0.3) is 5.69 Å². The Morgan fingerprint density at radius 3 is 2.94 bits per heavy atom. The number of nitro groups is 1. The Labute approximate surface area is 110 Å². The van der Waals surface area contributed by atoms with E-state index in [4.69, 9.17) is 5.73 Å². The molecule has 2 aromatic rings. The van der Waals surface area contributed by atoms with Gasteiger partial charge < -0.3 is 5.73 Å². The average Bonchev–Trinajstić information content (AvgIpc) is 2.72. The highest BCUT2D eigenvalue weighted by Gasteiger charge is 2.14. The lowest BCUT2D eigenvalue weighted by atomic mass is 10.2. The third kappa shape index (κ3) is 2.96. The molecule has 2 rings (SSSR count). The molecule has 18 heavy (non-hydrogen) atoms. The molecule has 5 nitrogen and oxygen atoms in total. The van der Waals surface area contributed by atoms with Crippen LogP contribution in [0.4, 0.5) is 15.2 Å². The van der Waals surface area contributed by atoms with Gasteiger partial charge in [0.05, 0.1) is 15.3 Å². The standard InChI is InChI=1S/C10H8FN3O2S2/c11-7-1-2-8(14(15)16)6(3-7)5-17-9-4-13-10(12)18-9/h1-4H,5H2,(H2,12,13). The van der Waals surface area contributed by atoms with Gasteiger partial charge in [-0.3, -0.25) is 10.1 Å². The summed E-state index contributed by atoms with van der Waals surface area (Å²) in [5.41, 5.74) is 5.74. The summed E-state index contributed by atoms with van der Waals surface area (Å²) < 4.78 is 13.9. The summed E-state index contributed by atoms with van der Waals surface area (Å²) >= 11 is 2.63. The van der Waals surface area contributed by atoms with Crippen molar-refractivity contribution in [2.45, 2.75) is 9.96 Å². The fourth-order valence-electron chi connectivity index (χ4n) is 1.34. The predicted octanol–water partition coefficient (Wildman–Crippen LogP) is 3.06. The van der Waals surface area contributed by atoms with E-state index in [2.05, 4.69) is 4.98 Å². The summed E-state index contributed by atoms with van der Waals surface area (Å²) in [6, 6.07) is 3.43. The zero-order valence-electron chi connectivity index (χ0n) is 9.00. The Balaban J connectivity index is 2.17. The molecular formula is C10H8FN3O2S2. The molecule has 0 amide bonds. The Kier molecular flexibility index (Phi) is 3.78. The molecule has 0 aliphatic rings. The van der Waals surface area contributed by atoms with E-state index in [9.17, 15) is 14.5 Å². The number of halogens is 1. The molecule has 0 unspecified atom stereocenters. The number of benzene rings is 1. The highest BCUT2D eigenvalue weighted by molar-refractivity contribution is 8.00. The van der Waals surface area contributed by atoms with Gasteiger partial charge in [-0.25, -0.2) is 9.37 Å². The van der Waals surface area contributed by atoms with E-state index in [-0.39, 0.29) is 5.69 Å². The number of hydrogen-bond donors (Lipinski definition) is 1. The van der Waals surface area contributed by atoms with Crippen LogP contribution in [0, 0.1) is 15.9 Å². The van der Waals surface area contributed by atoms with Crippen molar-refractivity contribution >= 4 is 33.9 Å². The van der Waals surface area contributed by atoms with Crippen molar-refractivity contribution in [2.24, 2.45) is 0 Å². The first-order valence-electron chi connectivity index (χ1n) is 4.83. The van der Waals surface area contributed by atoms with Gasteiger partial charge in [-0.05, 0) is 12.1 Å².